The lowest BCUT2D eigenvalue weighted by Crippen LogP contribution is -2.41. The molecular formula is C13H15ClN2O4. The minimum absolute atomic E-state index is 0.0241. The van der Waals surface area contributed by atoms with Crippen LogP contribution in [0, 0.1) is 10.1 Å². The van der Waals surface area contributed by atoms with Crippen molar-refractivity contribution in [3.63, 3.8) is 0 Å². The van der Waals surface area contributed by atoms with E-state index in [1.165, 1.54) is 12.1 Å². The molecule has 1 aromatic carbocycles. The summed E-state index contributed by atoms with van der Waals surface area (Å²) in [6.45, 7) is 0.610. The first-order chi connectivity index (χ1) is 9.49. The van der Waals surface area contributed by atoms with Crippen molar-refractivity contribution < 1.29 is 14.8 Å². The number of hydrogen-bond donors (Lipinski definition) is 1. The van der Waals surface area contributed by atoms with Crippen molar-refractivity contribution in [3.8, 4) is 0 Å². The van der Waals surface area contributed by atoms with Crippen molar-refractivity contribution in [1.82, 2.24) is 0 Å². The van der Waals surface area contributed by atoms with E-state index >= 15 is 0 Å². The lowest BCUT2D eigenvalue weighted by Gasteiger charge is -2.36. The summed E-state index contributed by atoms with van der Waals surface area (Å²) in [5.41, 5.74) is 0.375. The molecule has 0 aromatic heterocycles. The van der Waals surface area contributed by atoms with E-state index in [0.717, 1.165) is 19.3 Å². The fraction of sp³-hybridized carbons (Fsp3) is 0.462. The number of benzene rings is 1. The van der Waals surface area contributed by atoms with Gasteiger partial charge in [-0.2, -0.15) is 0 Å². The number of carbonyl (C=O) groups is 1. The number of halogens is 1. The molecule has 0 aliphatic carbocycles. The van der Waals surface area contributed by atoms with Gasteiger partial charge in [-0.05, 0) is 31.4 Å². The molecule has 1 aliphatic rings. The number of piperidine rings is 1. The standard InChI is InChI=1S/C13H15ClN2O4/c14-9-4-5-11(16(19)20)12(7-9)15-6-2-1-3-10(15)8-13(17)18/h4-5,7,10H,1-3,6,8H2,(H,17,18). The monoisotopic (exact) mass is 298 g/mol. The zero-order valence-corrected chi connectivity index (χ0v) is 11.5. The molecule has 1 heterocycles. The summed E-state index contributed by atoms with van der Waals surface area (Å²) in [7, 11) is 0. The van der Waals surface area contributed by atoms with Crippen LogP contribution in [0.3, 0.4) is 0 Å². The molecule has 1 N–H and O–H groups in total. The minimum Gasteiger partial charge on any atom is -0.481 e. The second kappa shape index (κ2) is 6.09. The highest BCUT2D eigenvalue weighted by molar-refractivity contribution is 6.31. The highest BCUT2D eigenvalue weighted by Crippen LogP contribution is 2.35. The van der Waals surface area contributed by atoms with Gasteiger partial charge in [0, 0.05) is 23.7 Å². The quantitative estimate of drug-likeness (QED) is 0.682. The first kappa shape index (κ1) is 14.6. The number of nitro groups is 1. The molecule has 108 valence electrons. The smallest absolute Gasteiger partial charge is 0.305 e. The molecule has 1 aliphatic heterocycles. The van der Waals surface area contributed by atoms with Crippen molar-refractivity contribution in [2.24, 2.45) is 0 Å². The minimum atomic E-state index is -0.897. The molecule has 0 saturated carbocycles. The maximum absolute atomic E-state index is 11.1. The van der Waals surface area contributed by atoms with Gasteiger partial charge in [-0.3, -0.25) is 14.9 Å². The van der Waals surface area contributed by atoms with Gasteiger partial charge in [0.25, 0.3) is 5.69 Å². The molecule has 7 heteroatoms. The topological polar surface area (TPSA) is 83.7 Å². The number of nitro benzene ring substituents is 1. The van der Waals surface area contributed by atoms with Gasteiger partial charge in [0.05, 0.1) is 11.3 Å². The van der Waals surface area contributed by atoms with Crippen molar-refractivity contribution in [2.45, 2.75) is 31.7 Å². The van der Waals surface area contributed by atoms with Gasteiger partial charge in [0.2, 0.25) is 0 Å². The lowest BCUT2D eigenvalue weighted by molar-refractivity contribution is -0.384. The molecule has 0 spiro atoms. The third kappa shape index (κ3) is 3.19. The van der Waals surface area contributed by atoms with Crippen molar-refractivity contribution in [2.75, 3.05) is 11.4 Å². The van der Waals surface area contributed by atoms with E-state index in [2.05, 4.69) is 0 Å². The molecule has 1 saturated heterocycles. The van der Waals surface area contributed by atoms with E-state index in [1.54, 1.807) is 6.07 Å². The summed E-state index contributed by atoms with van der Waals surface area (Å²) in [4.78, 5) is 23.4. The highest BCUT2D eigenvalue weighted by atomic mass is 35.5. The molecule has 20 heavy (non-hydrogen) atoms. The number of hydrogen-bond acceptors (Lipinski definition) is 4. The second-order valence-corrected chi connectivity index (χ2v) is 5.27. The summed E-state index contributed by atoms with van der Waals surface area (Å²) in [6.07, 6.45) is 2.52. The number of nitrogens with zero attached hydrogens (tertiary/aromatic N) is 2. The molecule has 2 rings (SSSR count). The maximum atomic E-state index is 11.1. The van der Waals surface area contributed by atoms with E-state index in [0.29, 0.717) is 17.3 Å². The van der Waals surface area contributed by atoms with E-state index in [4.69, 9.17) is 16.7 Å². The van der Waals surface area contributed by atoms with Crippen LogP contribution >= 0.6 is 11.6 Å². The molecule has 0 amide bonds. The van der Waals surface area contributed by atoms with Crippen LogP contribution in [-0.4, -0.2) is 28.6 Å². The van der Waals surface area contributed by atoms with Gasteiger partial charge >= 0.3 is 5.97 Å². The fourth-order valence-corrected chi connectivity index (χ4v) is 2.78. The Kier molecular flexibility index (Phi) is 4.44. The number of carboxylic acids is 1. The predicted molar refractivity (Wildman–Crippen MR) is 75.3 cm³/mol. The van der Waals surface area contributed by atoms with E-state index in [1.807, 2.05) is 4.90 Å². The highest BCUT2D eigenvalue weighted by Gasteiger charge is 2.29. The van der Waals surface area contributed by atoms with Crippen LogP contribution in [0.2, 0.25) is 5.02 Å². The Balaban J connectivity index is 2.38. The van der Waals surface area contributed by atoms with Crippen LogP contribution in [0.1, 0.15) is 25.7 Å². The Labute approximate surface area is 121 Å². The average molecular weight is 299 g/mol. The molecule has 1 aromatic rings. The summed E-state index contributed by atoms with van der Waals surface area (Å²) in [6, 6.07) is 4.15. The maximum Gasteiger partial charge on any atom is 0.305 e. The van der Waals surface area contributed by atoms with Gasteiger partial charge in [-0.1, -0.05) is 11.6 Å². The Morgan fingerprint density at radius 1 is 1.50 bits per heavy atom. The Bertz CT molecular complexity index is 535. The molecule has 6 nitrogen and oxygen atoms in total. The van der Waals surface area contributed by atoms with Gasteiger partial charge in [0.15, 0.2) is 0 Å². The number of aliphatic carboxylic acids is 1. The van der Waals surface area contributed by atoms with Crippen LogP contribution in [0.25, 0.3) is 0 Å². The summed E-state index contributed by atoms with van der Waals surface area (Å²) >= 11 is 5.93. The SMILES string of the molecule is O=C(O)CC1CCCCN1c1cc(Cl)ccc1[N+](=O)[O-]. The third-order valence-electron chi connectivity index (χ3n) is 3.48. The number of carboxylic acid groups (broad SMARTS) is 1. The number of anilines is 1. The zero-order valence-electron chi connectivity index (χ0n) is 10.8. The first-order valence-electron chi connectivity index (χ1n) is 6.41. The molecule has 1 unspecified atom stereocenters. The average Bonchev–Trinajstić information content (AvgIpc) is 2.38. The molecule has 0 radical (unpaired) electrons. The fourth-order valence-electron chi connectivity index (χ4n) is 2.61. The first-order valence-corrected chi connectivity index (χ1v) is 6.79. The largest absolute Gasteiger partial charge is 0.481 e. The molecule has 1 fully saturated rings. The van der Waals surface area contributed by atoms with Gasteiger partial charge < -0.3 is 10.0 Å². The Morgan fingerprint density at radius 2 is 2.25 bits per heavy atom. The van der Waals surface area contributed by atoms with Crippen molar-refractivity contribution in [1.29, 1.82) is 0 Å². The van der Waals surface area contributed by atoms with E-state index in [9.17, 15) is 14.9 Å². The van der Waals surface area contributed by atoms with Gasteiger partial charge in [0.1, 0.15) is 5.69 Å². The zero-order chi connectivity index (χ0) is 14.7. The number of rotatable bonds is 4. The molecular weight excluding hydrogens is 284 g/mol. The summed E-state index contributed by atoms with van der Waals surface area (Å²) < 4.78 is 0. The van der Waals surface area contributed by atoms with E-state index in [-0.39, 0.29) is 18.2 Å². The van der Waals surface area contributed by atoms with Crippen LogP contribution in [0.4, 0.5) is 11.4 Å². The normalized spacial score (nSPS) is 18.9. The van der Waals surface area contributed by atoms with Crippen molar-refractivity contribution in [3.05, 3.63) is 33.3 Å². The van der Waals surface area contributed by atoms with Gasteiger partial charge in [-0.15, -0.1) is 0 Å². The van der Waals surface area contributed by atoms with Crippen LogP contribution in [0.15, 0.2) is 18.2 Å². The Morgan fingerprint density at radius 3 is 2.90 bits per heavy atom. The van der Waals surface area contributed by atoms with Crippen molar-refractivity contribution >= 4 is 28.9 Å². The van der Waals surface area contributed by atoms with Crippen LogP contribution in [0.5, 0.6) is 0 Å². The molecule has 0 bridgehead atoms. The summed E-state index contributed by atoms with van der Waals surface area (Å²) in [5, 5.41) is 20.5. The van der Waals surface area contributed by atoms with Gasteiger partial charge in [-0.25, -0.2) is 0 Å². The molecule has 1 atom stereocenters. The second-order valence-electron chi connectivity index (χ2n) is 4.83. The summed E-state index contributed by atoms with van der Waals surface area (Å²) in [5.74, 6) is -0.897. The van der Waals surface area contributed by atoms with Crippen LogP contribution < -0.4 is 4.90 Å². The lowest BCUT2D eigenvalue weighted by atomic mass is 9.98. The van der Waals surface area contributed by atoms with Crippen LogP contribution in [-0.2, 0) is 4.79 Å². The Hall–Kier alpha value is -1.82. The third-order valence-corrected chi connectivity index (χ3v) is 3.72. The predicted octanol–water partition coefficient (Wildman–Crippen LogP) is 3.08. The van der Waals surface area contributed by atoms with E-state index < -0.39 is 10.9 Å².